The van der Waals surface area contributed by atoms with Gasteiger partial charge >= 0.3 is 6.18 Å². The molecule has 1 fully saturated rings. The lowest BCUT2D eigenvalue weighted by Crippen LogP contribution is -2.48. The van der Waals surface area contributed by atoms with E-state index in [0.717, 1.165) is 11.3 Å². The van der Waals surface area contributed by atoms with Gasteiger partial charge in [-0.3, -0.25) is 9.59 Å². The van der Waals surface area contributed by atoms with Crippen LogP contribution in [0, 0.1) is 6.92 Å². The van der Waals surface area contributed by atoms with E-state index in [9.17, 15) is 22.8 Å². The molecule has 0 radical (unpaired) electrons. The second-order valence-electron chi connectivity index (χ2n) is 6.88. The average Bonchev–Trinajstić information content (AvgIpc) is 3.33. The van der Waals surface area contributed by atoms with Crippen LogP contribution in [0.25, 0.3) is 10.6 Å². The first kappa shape index (κ1) is 22.1. The third-order valence-electron chi connectivity index (χ3n) is 4.68. The van der Waals surface area contributed by atoms with E-state index in [0.29, 0.717) is 41.6 Å². The number of amides is 2. The molecule has 0 aliphatic carbocycles. The number of hydrogen-bond donors (Lipinski definition) is 1. The van der Waals surface area contributed by atoms with Crippen LogP contribution >= 0.6 is 11.3 Å². The highest BCUT2D eigenvalue weighted by Gasteiger charge is 2.37. The fourth-order valence-corrected chi connectivity index (χ4v) is 4.32. The molecule has 2 amide bonds. The normalized spacial score (nSPS) is 16.6. The van der Waals surface area contributed by atoms with Crippen LogP contribution in [0.1, 0.15) is 35.1 Å². The number of ether oxygens (including phenoxy) is 1. The zero-order chi connectivity index (χ0) is 21.9. The van der Waals surface area contributed by atoms with Crippen molar-refractivity contribution in [1.29, 1.82) is 0 Å². The molecule has 6 nitrogen and oxygen atoms in total. The molecular formula is C20H22F3N3O3S. The molecule has 1 aromatic carbocycles. The van der Waals surface area contributed by atoms with E-state index < -0.39 is 24.7 Å². The predicted molar refractivity (Wildman–Crippen MR) is 107 cm³/mol. The number of nitrogens with one attached hydrogen (secondary N) is 1. The summed E-state index contributed by atoms with van der Waals surface area (Å²) in [6.07, 6.45) is -3.61. The van der Waals surface area contributed by atoms with E-state index in [1.54, 1.807) is 6.92 Å². The van der Waals surface area contributed by atoms with Crippen molar-refractivity contribution in [3.8, 4) is 16.3 Å². The monoisotopic (exact) mass is 441 g/mol. The molecule has 162 valence electrons. The van der Waals surface area contributed by atoms with Gasteiger partial charge in [0.1, 0.15) is 28.2 Å². The van der Waals surface area contributed by atoms with Crippen LogP contribution < -0.4 is 10.1 Å². The number of hydrogen-bond acceptors (Lipinski definition) is 5. The number of rotatable bonds is 6. The third-order valence-corrected chi connectivity index (χ3v) is 5.88. The molecular weight excluding hydrogens is 419 g/mol. The lowest BCUT2D eigenvalue weighted by atomic mass is 10.2. The van der Waals surface area contributed by atoms with Gasteiger partial charge in [0.25, 0.3) is 5.91 Å². The van der Waals surface area contributed by atoms with Gasteiger partial charge in [-0.25, -0.2) is 4.98 Å². The van der Waals surface area contributed by atoms with Crippen molar-refractivity contribution >= 4 is 23.2 Å². The molecule has 10 heteroatoms. The maximum absolute atomic E-state index is 13.0. The number of benzene rings is 1. The maximum Gasteiger partial charge on any atom is 0.405 e. The van der Waals surface area contributed by atoms with Gasteiger partial charge in [-0.2, -0.15) is 13.2 Å². The first-order chi connectivity index (χ1) is 14.2. The van der Waals surface area contributed by atoms with Gasteiger partial charge in [-0.1, -0.05) is 0 Å². The van der Waals surface area contributed by atoms with Crippen LogP contribution in [0.4, 0.5) is 13.2 Å². The van der Waals surface area contributed by atoms with Crippen molar-refractivity contribution in [2.24, 2.45) is 0 Å². The number of likely N-dealkylation sites (tertiary alicyclic amines) is 1. The Labute approximate surface area is 176 Å². The van der Waals surface area contributed by atoms with Gasteiger partial charge in [0.2, 0.25) is 5.91 Å². The van der Waals surface area contributed by atoms with E-state index in [-0.39, 0.29) is 5.91 Å². The molecule has 1 N–H and O–H groups in total. The molecule has 2 heterocycles. The topological polar surface area (TPSA) is 71.5 Å². The smallest absolute Gasteiger partial charge is 0.405 e. The molecule has 3 rings (SSSR count). The van der Waals surface area contributed by atoms with Crippen LogP contribution in [-0.2, 0) is 4.79 Å². The molecule has 2 aromatic rings. The number of thiazole rings is 1. The second-order valence-corrected chi connectivity index (χ2v) is 7.88. The Balaban J connectivity index is 1.75. The highest BCUT2D eigenvalue weighted by molar-refractivity contribution is 7.17. The van der Waals surface area contributed by atoms with Gasteiger partial charge in [-0.15, -0.1) is 11.3 Å². The Morgan fingerprint density at radius 3 is 2.63 bits per heavy atom. The maximum atomic E-state index is 13.0. The minimum Gasteiger partial charge on any atom is -0.494 e. The molecule has 0 bridgehead atoms. The van der Waals surface area contributed by atoms with Crippen LogP contribution in [0.2, 0.25) is 0 Å². The summed E-state index contributed by atoms with van der Waals surface area (Å²) in [5.41, 5.74) is 1.35. The Bertz CT molecular complexity index is 912. The zero-order valence-corrected chi connectivity index (χ0v) is 17.4. The highest BCUT2D eigenvalue weighted by atomic mass is 32.1. The first-order valence-corrected chi connectivity index (χ1v) is 10.4. The van der Waals surface area contributed by atoms with Crippen molar-refractivity contribution in [1.82, 2.24) is 15.2 Å². The number of carbonyl (C=O) groups excluding carboxylic acids is 2. The largest absolute Gasteiger partial charge is 0.494 e. The number of aromatic nitrogens is 1. The molecule has 30 heavy (non-hydrogen) atoms. The Morgan fingerprint density at radius 2 is 2.00 bits per heavy atom. The Morgan fingerprint density at radius 1 is 1.30 bits per heavy atom. The molecule has 1 unspecified atom stereocenters. The van der Waals surface area contributed by atoms with Crippen LogP contribution in [0.5, 0.6) is 5.75 Å². The fourth-order valence-electron chi connectivity index (χ4n) is 3.30. The summed E-state index contributed by atoms with van der Waals surface area (Å²) in [6.45, 7) is 3.06. The summed E-state index contributed by atoms with van der Waals surface area (Å²) in [4.78, 5) is 31.4. The number of halogens is 3. The van der Waals surface area contributed by atoms with Gasteiger partial charge in [0.15, 0.2) is 0 Å². The first-order valence-electron chi connectivity index (χ1n) is 9.55. The Hall–Kier alpha value is -2.62. The van der Waals surface area contributed by atoms with E-state index >= 15 is 0 Å². The molecule has 1 atom stereocenters. The summed E-state index contributed by atoms with van der Waals surface area (Å²) >= 11 is 1.20. The van der Waals surface area contributed by atoms with E-state index in [2.05, 4.69) is 4.98 Å². The van der Waals surface area contributed by atoms with Crippen LogP contribution in [0.3, 0.4) is 0 Å². The van der Waals surface area contributed by atoms with E-state index in [1.165, 1.54) is 16.2 Å². The standard InChI is InChI=1S/C20H22F3N3O3S/c1-3-29-14-8-6-13(7-9-14)18-25-12(2)16(30-18)19(28)26-10-4-5-15(26)17(27)24-11-20(21,22)23/h6-9,15H,3-5,10-11H2,1-2H3,(H,24,27). The van der Waals surface area contributed by atoms with Crippen LogP contribution in [-0.4, -0.2) is 53.6 Å². The van der Waals surface area contributed by atoms with Gasteiger partial charge in [-0.05, 0) is 51.0 Å². The molecule has 0 saturated carbocycles. The summed E-state index contributed by atoms with van der Waals surface area (Å²) in [5, 5.41) is 2.53. The molecule has 1 aliphatic rings. The lowest BCUT2D eigenvalue weighted by Gasteiger charge is -2.23. The highest BCUT2D eigenvalue weighted by Crippen LogP contribution is 2.31. The van der Waals surface area contributed by atoms with Crippen molar-refractivity contribution < 1.29 is 27.5 Å². The van der Waals surface area contributed by atoms with Crippen LogP contribution in [0.15, 0.2) is 24.3 Å². The zero-order valence-electron chi connectivity index (χ0n) is 16.6. The Kier molecular flexibility index (Phi) is 6.64. The minimum absolute atomic E-state index is 0.318. The predicted octanol–water partition coefficient (Wildman–Crippen LogP) is 3.80. The summed E-state index contributed by atoms with van der Waals surface area (Å²) in [7, 11) is 0. The van der Waals surface area contributed by atoms with Crippen molar-refractivity contribution in [2.45, 2.75) is 38.9 Å². The lowest BCUT2D eigenvalue weighted by molar-refractivity contribution is -0.140. The summed E-state index contributed by atoms with van der Waals surface area (Å²) < 4.78 is 42.6. The number of carbonyl (C=O) groups is 2. The molecule has 1 saturated heterocycles. The number of alkyl halides is 3. The number of aryl methyl sites for hydroxylation is 1. The minimum atomic E-state index is -4.50. The van der Waals surface area contributed by atoms with Crippen molar-refractivity contribution in [2.75, 3.05) is 19.7 Å². The summed E-state index contributed by atoms with van der Waals surface area (Å²) in [5.74, 6) is -0.436. The van der Waals surface area contributed by atoms with Gasteiger partial charge < -0.3 is 15.0 Å². The molecule has 1 aromatic heterocycles. The second kappa shape index (κ2) is 9.03. The quantitative estimate of drug-likeness (QED) is 0.740. The fraction of sp³-hybridized carbons (Fsp3) is 0.450. The van der Waals surface area contributed by atoms with Crippen molar-refractivity contribution in [3.05, 3.63) is 34.8 Å². The van der Waals surface area contributed by atoms with Crippen molar-refractivity contribution in [3.63, 3.8) is 0 Å². The molecule has 0 spiro atoms. The van der Waals surface area contributed by atoms with E-state index in [4.69, 9.17) is 4.74 Å². The average molecular weight is 441 g/mol. The van der Waals surface area contributed by atoms with E-state index in [1.807, 2.05) is 36.5 Å². The van der Waals surface area contributed by atoms with Gasteiger partial charge in [0.05, 0.1) is 12.3 Å². The molecule has 1 aliphatic heterocycles. The SMILES string of the molecule is CCOc1ccc(-c2nc(C)c(C(=O)N3CCCC3C(=O)NCC(F)(F)F)s2)cc1. The number of nitrogens with zero attached hydrogens (tertiary/aromatic N) is 2. The third kappa shape index (κ3) is 5.10. The van der Waals surface area contributed by atoms with Gasteiger partial charge in [0, 0.05) is 12.1 Å². The summed E-state index contributed by atoms with van der Waals surface area (Å²) in [6, 6.07) is 6.42.